The van der Waals surface area contributed by atoms with Gasteiger partial charge in [-0.1, -0.05) is 31.7 Å². The summed E-state index contributed by atoms with van der Waals surface area (Å²) in [6.07, 6.45) is 7.00. The molecule has 0 bridgehead atoms. The predicted octanol–water partition coefficient (Wildman–Crippen LogP) is 4.28. The molecule has 2 aliphatic rings. The van der Waals surface area contributed by atoms with Gasteiger partial charge in [0, 0.05) is 42.9 Å². The van der Waals surface area contributed by atoms with Crippen molar-refractivity contribution in [3.05, 3.63) is 119 Å². The third kappa shape index (κ3) is 10.9. The maximum atomic E-state index is 12.8. The van der Waals surface area contributed by atoms with Crippen LogP contribution in [0.2, 0.25) is 0 Å². The molecule has 4 aromatic heterocycles. The van der Waals surface area contributed by atoms with E-state index in [2.05, 4.69) is 35.7 Å². The van der Waals surface area contributed by atoms with Gasteiger partial charge in [-0.25, -0.2) is 14.8 Å². The molecule has 5 amide bonds. The van der Waals surface area contributed by atoms with Gasteiger partial charge in [0.15, 0.2) is 11.3 Å². The molecule has 6 heterocycles. The molecule has 0 fully saturated rings. The summed E-state index contributed by atoms with van der Waals surface area (Å²) in [5, 5.41) is 25.0. The number of rotatable bonds is 9. The number of pyridine rings is 2. The summed E-state index contributed by atoms with van der Waals surface area (Å²) in [5.41, 5.74) is 10.2. The summed E-state index contributed by atoms with van der Waals surface area (Å²) in [5.74, 6) is -1.32. The maximum absolute atomic E-state index is 12.8. The molecular formula is C41H50N10O7S2. The highest BCUT2D eigenvalue weighted by atomic mass is 32.1. The number of H-pyrrole nitrogens is 2. The molecule has 6 N–H and O–H groups in total. The van der Waals surface area contributed by atoms with Crippen LogP contribution in [0.3, 0.4) is 0 Å². The summed E-state index contributed by atoms with van der Waals surface area (Å²) in [4.78, 5) is 73.7. The number of carbonyl (C=O) groups excluding carboxylic acids is 5. The summed E-state index contributed by atoms with van der Waals surface area (Å²) in [6, 6.07) is 16.4. The lowest BCUT2D eigenvalue weighted by molar-refractivity contribution is 0.0468. The minimum Gasteiger partial charge on any atom is -0.444 e. The van der Waals surface area contributed by atoms with Crippen LogP contribution in [-0.2, 0) is 17.6 Å². The zero-order chi connectivity index (χ0) is 40.9. The Morgan fingerprint density at radius 3 is 1.53 bits per heavy atom. The van der Waals surface area contributed by atoms with E-state index < -0.39 is 17.7 Å². The zero-order valence-electron chi connectivity index (χ0n) is 32.7. The first kappa shape index (κ1) is 48.2. The molecule has 8 rings (SSSR count). The minimum absolute atomic E-state index is 0. The second kappa shape index (κ2) is 20.7. The molecule has 0 aliphatic carbocycles. The van der Waals surface area contributed by atoms with Gasteiger partial charge in [-0.2, -0.15) is 37.2 Å². The Bertz CT molecular complexity index is 2400. The van der Waals surface area contributed by atoms with Gasteiger partial charge in [0.25, 0.3) is 23.6 Å². The van der Waals surface area contributed by atoms with Gasteiger partial charge in [0.2, 0.25) is 0 Å². The van der Waals surface area contributed by atoms with Gasteiger partial charge in [-0.05, 0) is 81.1 Å². The molecule has 19 heteroatoms. The van der Waals surface area contributed by atoms with E-state index in [1.54, 1.807) is 94.1 Å². The smallest absolute Gasteiger partial charge is 0.407 e. The summed E-state index contributed by atoms with van der Waals surface area (Å²) in [6.45, 7) is 5.48. The van der Waals surface area contributed by atoms with Crippen molar-refractivity contribution in [2.75, 3.05) is 20.2 Å². The number of ether oxygens (including phenoxy) is 1. The highest BCUT2D eigenvalue weighted by molar-refractivity contribution is 7.59. The van der Waals surface area contributed by atoms with Crippen molar-refractivity contribution in [2.24, 2.45) is 5.73 Å². The van der Waals surface area contributed by atoms with E-state index in [1.165, 1.54) is 4.90 Å². The van der Waals surface area contributed by atoms with E-state index in [0.717, 1.165) is 33.9 Å². The first-order chi connectivity index (χ1) is 27.3. The Hall–Kier alpha value is -6.15. The molecule has 0 saturated carbocycles. The second-order valence-corrected chi connectivity index (χ2v) is 14.3. The van der Waals surface area contributed by atoms with Crippen molar-refractivity contribution in [3.63, 3.8) is 0 Å². The third-order valence-corrected chi connectivity index (χ3v) is 8.97. The number of aromatic nitrogens is 6. The van der Waals surface area contributed by atoms with Crippen LogP contribution in [0.5, 0.6) is 0 Å². The highest BCUT2D eigenvalue weighted by Gasteiger charge is 2.38. The number of hydrogen-bond acceptors (Lipinski definition) is 12. The van der Waals surface area contributed by atoms with E-state index in [0.29, 0.717) is 46.4 Å². The number of aromatic amines is 2. The topological polar surface area (TPSA) is 242 Å². The van der Waals surface area contributed by atoms with E-state index >= 15 is 0 Å². The Morgan fingerprint density at radius 1 is 0.717 bits per heavy atom. The molecule has 2 aliphatic heterocycles. The highest BCUT2D eigenvalue weighted by Crippen LogP contribution is 2.25. The summed E-state index contributed by atoms with van der Waals surface area (Å²) < 4.78 is 5.37. The fourth-order valence-electron chi connectivity index (χ4n) is 6.54. The molecule has 6 aromatic rings. The number of benzene rings is 2. The fraction of sp³-hybridized carbons (Fsp3) is 0.293. The van der Waals surface area contributed by atoms with Crippen molar-refractivity contribution in [2.45, 2.75) is 58.7 Å². The lowest BCUT2D eigenvalue weighted by Gasteiger charge is -2.26. The van der Waals surface area contributed by atoms with Gasteiger partial charge < -0.3 is 20.9 Å². The molecule has 0 spiro atoms. The first-order valence-corrected chi connectivity index (χ1v) is 18.0. The molecule has 60 heavy (non-hydrogen) atoms. The molecular weight excluding hydrogens is 809 g/mol. The van der Waals surface area contributed by atoms with Crippen LogP contribution in [0.1, 0.15) is 80.8 Å². The van der Waals surface area contributed by atoms with Crippen LogP contribution in [0.15, 0.2) is 85.5 Å². The minimum atomic E-state index is -0.679. The SMILES string of the molecule is C.CC(C)(C)OC(=O)NC(Cc1cnc2[nH]ncc2c1)CN1C(=O)c2ccccc2C1=O.CO.N[C@@H](Cc1cnc2[nH]ncc2c1)CN1C(=O)c2ccccc2C1=O.S.S. The number of carbonyl (C=O) groups is 5. The van der Waals surface area contributed by atoms with Crippen LogP contribution >= 0.6 is 27.0 Å². The van der Waals surface area contributed by atoms with Crippen molar-refractivity contribution >= 4 is 78.8 Å². The number of alkyl carbamates (subject to hydrolysis) is 1. The number of aliphatic hydroxyl groups excluding tert-OH is 1. The maximum Gasteiger partial charge on any atom is 0.407 e. The second-order valence-electron chi connectivity index (χ2n) is 14.3. The van der Waals surface area contributed by atoms with Crippen LogP contribution < -0.4 is 11.1 Å². The molecule has 1 unspecified atom stereocenters. The molecule has 2 aromatic carbocycles. The van der Waals surface area contributed by atoms with Gasteiger partial charge in [-0.15, -0.1) is 0 Å². The number of nitrogens with two attached hydrogens (primary N) is 1. The normalized spacial score (nSPS) is 13.7. The largest absolute Gasteiger partial charge is 0.444 e. The monoisotopic (exact) mass is 858 g/mol. The van der Waals surface area contributed by atoms with Crippen molar-refractivity contribution in [1.29, 1.82) is 0 Å². The van der Waals surface area contributed by atoms with Crippen LogP contribution in [0, 0.1) is 0 Å². The van der Waals surface area contributed by atoms with Crippen molar-refractivity contribution in [1.82, 2.24) is 45.5 Å². The fourth-order valence-corrected chi connectivity index (χ4v) is 6.54. The van der Waals surface area contributed by atoms with Crippen molar-refractivity contribution < 1.29 is 33.8 Å². The van der Waals surface area contributed by atoms with Crippen LogP contribution in [0.4, 0.5) is 4.79 Å². The number of hydrogen-bond donors (Lipinski definition) is 5. The Labute approximate surface area is 360 Å². The molecule has 0 radical (unpaired) electrons. The van der Waals surface area contributed by atoms with E-state index in [9.17, 15) is 24.0 Å². The zero-order valence-corrected chi connectivity index (χ0v) is 34.7. The van der Waals surface area contributed by atoms with Gasteiger partial charge in [-0.3, -0.25) is 39.2 Å². The summed E-state index contributed by atoms with van der Waals surface area (Å²) >= 11 is 0. The Kier molecular flexibility index (Phi) is 16.6. The first-order valence-electron chi connectivity index (χ1n) is 18.0. The van der Waals surface area contributed by atoms with Gasteiger partial charge in [0.1, 0.15) is 5.60 Å². The number of fused-ring (bicyclic) bond motifs is 4. The van der Waals surface area contributed by atoms with E-state index in [1.807, 2.05) is 12.1 Å². The average Bonchev–Trinajstić information content (AvgIpc) is 3.96. The lowest BCUT2D eigenvalue weighted by Crippen LogP contribution is -2.48. The number of nitrogens with one attached hydrogen (secondary N) is 3. The summed E-state index contributed by atoms with van der Waals surface area (Å²) in [7, 11) is 1.00. The van der Waals surface area contributed by atoms with Gasteiger partial charge >= 0.3 is 6.09 Å². The van der Waals surface area contributed by atoms with E-state index in [-0.39, 0.29) is 77.2 Å². The van der Waals surface area contributed by atoms with E-state index in [4.69, 9.17) is 15.6 Å². The Morgan fingerprint density at radius 2 is 1.12 bits per heavy atom. The number of imide groups is 2. The standard InChI is InChI=1S/C22H23N5O4.C17H15N5O2.CH4O.CH4.2H2S/c1-22(2,3)31-21(30)25-15(9-13-8-14-11-24-26-18(14)23-10-13)12-27-19(28)16-6-4-5-7-17(16)20(27)29;18-12(6-10-5-11-8-20-21-15(11)19-7-10)9-22-16(23)13-3-1-2-4-14(13)17(22)24;1-2;;;/h4-8,10-11,15H,9,12H2,1-3H3,(H,25,30)(H,23,24,26);1-5,7-8,12H,6,9,18H2,(H,19,20,21);2H,1H3;1H4;2*1H2/t;12-;;;;/m.0..../s1. The molecule has 318 valence electrons. The van der Waals surface area contributed by atoms with Crippen LogP contribution in [0.25, 0.3) is 22.1 Å². The number of nitrogens with zero attached hydrogens (tertiary/aromatic N) is 6. The average molecular weight is 859 g/mol. The quantitative estimate of drug-likeness (QED) is 0.128. The number of amides is 5. The van der Waals surface area contributed by atoms with Gasteiger partial charge in [0.05, 0.1) is 47.2 Å². The molecule has 17 nitrogen and oxygen atoms in total. The Balaban J connectivity index is 0.000000301. The third-order valence-electron chi connectivity index (χ3n) is 8.97. The number of aliphatic hydroxyl groups is 1. The molecule has 0 saturated heterocycles. The predicted molar refractivity (Wildman–Crippen MR) is 236 cm³/mol. The lowest BCUT2D eigenvalue weighted by atomic mass is 10.1. The van der Waals surface area contributed by atoms with Crippen molar-refractivity contribution in [3.8, 4) is 0 Å². The van der Waals surface area contributed by atoms with Crippen LogP contribution in [-0.4, -0.2) is 113 Å². The molecule has 2 atom stereocenters.